The lowest BCUT2D eigenvalue weighted by atomic mass is 9.96. The van der Waals surface area contributed by atoms with Gasteiger partial charge >= 0.3 is 0 Å². The number of benzene rings is 1. The van der Waals surface area contributed by atoms with Gasteiger partial charge in [-0.2, -0.15) is 0 Å². The van der Waals surface area contributed by atoms with Crippen molar-refractivity contribution in [2.24, 2.45) is 4.99 Å². The predicted molar refractivity (Wildman–Crippen MR) is 159 cm³/mol. The molecule has 1 saturated carbocycles. The molecule has 0 spiro atoms. The second-order valence-corrected chi connectivity index (χ2v) is 10.4. The molecule has 5 rings (SSSR count). The quantitative estimate of drug-likeness (QED) is 0.279. The van der Waals surface area contributed by atoms with Crippen LogP contribution in [0.3, 0.4) is 0 Å². The van der Waals surface area contributed by atoms with E-state index in [1.165, 1.54) is 5.56 Å². The molecule has 6 nitrogen and oxygen atoms in total. The number of aryl methyl sites for hydroxylation is 2. The average molecular weight is 528 g/mol. The third-order valence-electron chi connectivity index (χ3n) is 7.63. The lowest BCUT2D eigenvalue weighted by Gasteiger charge is -2.36. The topological polar surface area (TPSA) is 61.8 Å². The van der Waals surface area contributed by atoms with E-state index < -0.39 is 6.10 Å². The van der Waals surface area contributed by atoms with Crippen LogP contribution in [0.15, 0.2) is 66.0 Å². The highest BCUT2D eigenvalue weighted by atomic mass is 19.1. The van der Waals surface area contributed by atoms with Crippen LogP contribution in [0.4, 0.5) is 15.8 Å². The third kappa shape index (κ3) is 5.22. The number of halogens is 1. The zero-order valence-electron chi connectivity index (χ0n) is 23.4. The fraction of sp³-hybridized carbons (Fsp3) is 0.375. The molecule has 3 aliphatic rings. The van der Waals surface area contributed by atoms with Gasteiger partial charge in [-0.05, 0) is 63.1 Å². The summed E-state index contributed by atoms with van der Waals surface area (Å²) >= 11 is 0. The minimum atomic E-state index is -0.401. The fourth-order valence-electron chi connectivity index (χ4n) is 5.48. The molecule has 1 aromatic heterocycles. The van der Waals surface area contributed by atoms with E-state index in [-0.39, 0.29) is 5.83 Å². The van der Waals surface area contributed by atoms with Crippen molar-refractivity contribution < 1.29 is 9.13 Å². The van der Waals surface area contributed by atoms with E-state index in [2.05, 4.69) is 58.8 Å². The number of ether oxygens (including phenoxy) is 1. The number of allylic oxidation sites excluding steroid dienone is 3. The molecule has 0 saturated heterocycles. The highest BCUT2D eigenvalue weighted by Gasteiger charge is 2.34. The van der Waals surface area contributed by atoms with Crippen molar-refractivity contribution >= 4 is 23.2 Å². The van der Waals surface area contributed by atoms with Crippen LogP contribution in [-0.4, -0.2) is 24.4 Å². The largest absolute Gasteiger partial charge is 0.484 e. The van der Waals surface area contributed by atoms with Crippen LogP contribution >= 0.6 is 0 Å². The Morgan fingerprint density at radius 2 is 2.10 bits per heavy atom. The van der Waals surface area contributed by atoms with E-state index in [4.69, 9.17) is 9.72 Å². The van der Waals surface area contributed by atoms with Crippen LogP contribution in [-0.2, 0) is 13.0 Å². The maximum atomic E-state index is 14.7. The molecular formula is C32H38FN5O. The van der Waals surface area contributed by atoms with E-state index in [1.807, 2.05) is 19.3 Å². The molecule has 2 aromatic rings. The van der Waals surface area contributed by atoms with Gasteiger partial charge in [-0.25, -0.2) is 4.39 Å². The molecule has 7 heteroatoms. The fourth-order valence-corrected chi connectivity index (χ4v) is 5.48. The van der Waals surface area contributed by atoms with Gasteiger partial charge in [-0.3, -0.25) is 9.98 Å². The standard InChI is InChI=1S/C32H38FN5O/c1-7-21(17-34-6)26-15-27-24(31(37-26)22-10-11-22)18-38(20(5)36-27)28-16-30-23(14-19(28)4)12-13-29(39-30)32(35-9-3)25(33)8-2/h7,9,14-17,22,29,34,36H,1,5,8,10-13,18H2,2-4,6H3/b21-17+,32-25+,35-9?. The Kier molecular flexibility index (Phi) is 7.60. The van der Waals surface area contributed by atoms with Crippen molar-refractivity contribution in [3.63, 3.8) is 0 Å². The van der Waals surface area contributed by atoms with Crippen molar-refractivity contribution in [3.8, 4) is 5.75 Å². The third-order valence-corrected chi connectivity index (χ3v) is 7.63. The van der Waals surface area contributed by atoms with Gasteiger partial charge in [0.25, 0.3) is 0 Å². The molecule has 0 bridgehead atoms. The molecule has 39 heavy (non-hydrogen) atoms. The molecule has 2 aliphatic heterocycles. The Bertz CT molecular complexity index is 1400. The maximum Gasteiger partial charge on any atom is 0.143 e. The van der Waals surface area contributed by atoms with Crippen LogP contribution in [0.5, 0.6) is 5.75 Å². The summed E-state index contributed by atoms with van der Waals surface area (Å²) < 4.78 is 21.0. The van der Waals surface area contributed by atoms with E-state index in [0.29, 0.717) is 31.0 Å². The number of hydrogen-bond donors (Lipinski definition) is 2. The van der Waals surface area contributed by atoms with Gasteiger partial charge in [0.15, 0.2) is 0 Å². The Hall–Kier alpha value is -3.87. The lowest BCUT2D eigenvalue weighted by Crippen LogP contribution is -2.33. The van der Waals surface area contributed by atoms with E-state index in [9.17, 15) is 4.39 Å². The van der Waals surface area contributed by atoms with Gasteiger partial charge in [0.2, 0.25) is 0 Å². The van der Waals surface area contributed by atoms with Crippen molar-refractivity contribution in [1.82, 2.24) is 10.3 Å². The van der Waals surface area contributed by atoms with Gasteiger partial charge in [0.05, 0.1) is 17.9 Å². The van der Waals surface area contributed by atoms with Gasteiger partial charge < -0.3 is 20.3 Å². The number of aliphatic imine (C=N–C) groups is 1. The first-order valence-electron chi connectivity index (χ1n) is 13.8. The molecule has 3 heterocycles. The van der Waals surface area contributed by atoms with Crippen LogP contribution < -0.4 is 20.3 Å². The van der Waals surface area contributed by atoms with E-state index >= 15 is 0 Å². The van der Waals surface area contributed by atoms with Crippen LogP contribution in [0.25, 0.3) is 5.57 Å². The van der Waals surface area contributed by atoms with Crippen LogP contribution in [0.2, 0.25) is 0 Å². The monoisotopic (exact) mass is 527 g/mol. The zero-order chi connectivity index (χ0) is 27.7. The highest BCUT2D eigenvalue weighted by Crippen LogP contribution is 2.46. The van der Waals surface area contributed by atoms with Crippen molar-refractivity contribution in [3.05, 3.63) is 89.1 Å². The molecule has 1 aliphatic carbocycles. The van der Waals surface area contributed by atoms with Crippen LogP contribution in [0, 0.1) is 6.92 Å². The summed E-state index contributed by atoms with van der Waals surface area (Å²) in [4.78, 5) is 11.6. The summed E-state index contributed by atoms with van der Waals surface area (Å²) in [6.07, 6.45) is 9.10. The molecule has 204 valence electrons. The molecule has 2 N–H and O–H groups in total. The van der Waals surface area contributed by atoms with Crippen LogP contribution in [0.1, 0.15) is 73.5 Å². The molecule has 0 amide bonds. The number of anilines is 2. The number of aromatic nitrogens is 1. The van der Waals surface area contributed by atoms with Crippen molar-refractivity contribution in [2.75, 3.05) is 17.3 Å². The predicted octanol–water partition coefficient (Wildman–Crippen LogP) is 7.29. The molecule has 1 unspecified atom stereocenters. The first-order valence-corrected chi connectivity index (χ1v) is 13.8. The molecule has 1 fully saturated rings. The Labute approximate surface area is 231 Å². The highest BCUT2D eigenvalue weighted by molar-refractivity contribution is 5.77. The van der Waals surface area contributed by atoms with Gasteiger partial charge in [0, 0.05) is 54.0 Å². The second kappa shape index (κ2) is 11.1. The summed E-state index contributed by atoms with van der Waals surface area (Å²) in [5.74, 6) is 1.83. The summed E-state index contributed by atoms with van der Waals surface area (Å²) in [5.41, 5.74) is 8.94. The second-order valence-electron chi connectivity index (χ2n) is 10.4. The minimum Gasteiger partial charge on any atom is -0.484 e. The first-order chi connectivity index (χ1) is 18.9. The summed E-state index contributed by atoms with van der Waals surface area (Å²) in [7, 11) is 1.88. The number of rotatable bonds is 8. The summed E-state index contributed by atoms with van der Waals surface area (Å²) in [5, 5.41) is 6.65. The summed E-state index contributed by atoms with van der Waals surface area (Å²) in [6, 6.07) is 6.36. The Balaban J connectivity index is 1.50. The first kappa shape index (κ1) is 26.7. The smallest absolute Gasteiger partial charge is 0.143 e. The van der Waals surface area contributed by atoms with E-state index in [0.717, 1.165) is 70.3 Å². The van der Waals surface area contributed by atoms with Crippen molar-refractivity contribution in [2.45, 2.75) is 71.4 Å². The SMILES string of the molecule is C=C/C(=C\NC)c1cc2c(c(C3CC3)n1)CN(c1cc3c(cc1C)CCC(/C(N=CC)=C(\F)CC)O3)C(=C)N2. The maximum absolute atomic E-state index is 14.7. The summed E-state index contributed by atoms with van der Waals surface area (Å²) in [6.45, 7) is 14.7. The number of fused-ring (bicyclic) bond motifs is 2. The lowest BCUT2D eigenvalue weighted by molar-refractivity contribution is 0.202. The van der Waals surface area contributed by atoms with Gasteiger partial charge in [0.1, 0.15) is 29.2 Å². The normalized spacial score (nSPS) is 19.6. The molecular weight excluding hydrogens is 489 g/mol. The minimum absolute atomic E-state index is 0.220. The number of pyridine rings is 1. The number of hydrogen-bond acceptors (Lipinski definition) is 6. The molecule has 0 radical (unpaired) electrons. The van der Waals surface area contributed by atoms with Gasteiger partial charge in [-0.1, -0.05) is 32.2 Å². The molecule has 1 atom stereocenters. The Morgan fingerprint density at radius 3 is 2.77 bits per heavy atom. The number of nitrogens with zero attached hydrogens (tertiary/aromatic N) is 3. The molecule has 1 aromatic carbocycles. The van der Waals surface area contributed by atoms with Gasteiger partial charge in [-0.15, -0.1) is 0 Å². The van der Waals surface area contributed by atoms with Crippen molar-refractivity contribution in [1.29, 1.82) is 0 Å². The van der Waals surface area contributed by atoms with E-state index in [1.54, 1.807) is 20.1 Å². The zero-order valence-corrected chi connectivity index (χ0v) is 23.4. The average Bonchev–Trinajstić information content (AvgIpc) is 3.78. The number of nitrogens with one attached hydrogen (secondary N) is 2. The Morgan fingerprint density at radius 1 is 1.31 bits per heavy atom.